The average molecular weight is 531 g/mol. The molecule has 0 saturated carbocycles. The van der Waals surface area contributed by atoms with Gasteiger partial charge < -0.3 is 20.4 Å². The number of carbonyl (C=O) groups is 3. The quantitative estimate of drug-likeness (QED) is 0.120. The Hall–Kier alpha value is -2.83. The number of aliphatic hydroxyl groups is 1. The first-order valence-corrected chi connectivity index (χ1v) is 13.9. The maximum absolute atomic E-state index is 13.6. The fourth-order valence-corrected chi connectivity index (χ4v) is 5.59. The van der Waals surface area contributed by atoms with Gasteiger partial charge in [-0.25, -0.2) is 0 Å². The Kier molecular flexibility index (Phi) is 10.2. The summed E-state index contributed by atoms with van der Waals surface area (Å²) >= 11 is 0. The second-order valence-electron chi connectivity index (χ2n) is 12.2. The third-order valence-corrected chi connectivity index (χ3v) is 7.78. The zero-order valence-electron chi connectivity index (χ0n) is 24.1. The zero-order valence-corrected chi connectivity index (χ0v) is 24.1. The number of hydrogen-bond acceptors (Lipinski definition) is 7. The van der Waals surface area contributed by atoms with Crippen LogP contribution < -0.4 is 0 Å². The maximum atomic E-state index is 13.6. The Bertz CT molecular complexity index is 1090. The van der Waals surface area contributed by atoms with Crippen LogP contribution in [0.5, 0.6) is 17.2 Å². The minimum absolute atomic E-state index is 0.0450. The molecule has 0 bridgehead atoms. The van der Waals surface area contributed by atoms with Crippen molar-refractivity contribution in [1.82, 2.24) is 0 Å². The summed E-state index contributed by atoms with van der Waals surface area (Å²) in [5, 5.41) is 43.9. The van der Waals surface area contributed by atoms with Crippen molar-refractivity contribution in [3.05, 3.63) is 28.5 Å². The lowest BCUT2D eigenvalue weighted by molar-refractivity contribution is -0.144. The number of ketones is 3. The van der Waals surface area contributed by atoms with Crippen LogP contribution in [0, 0.1) is 16.7 Å². The molecule has 1 unspecified atom stereocenters. The van der Waals surface area contributed by atoms with E-state index in [1.165, 1.54) is 20.3 Å². The van der Waals surface area contributed by atoms with Gasteiger partial charge in [-0.3, -0.25) is 14.4 Å². The molecule has 212 valence electrons. The van der Waals surface area contributed by atoms with Crippen LogP contribution in [0.2, 0.25) is 0 Å². The number of aliphatic hydroxyl groups excluding tert-OH is 1. The van der Waals surface area contributed by atoms with E-state index in [9.17, 15) is 34.8 Å². The van der Waals surface area contributed by atoms with Crippen LogP contribution in [0.3, 0.4) is 0 Å². The minimum atomic E-state index is -1.43. The van der Waals surface area contributed by atoms with E-state index in [1.807, 2.05) is 13.8 Å². The minimum Gasteiger partial charge on any atom is -0.511 e. The van der Waals surface area contributed by atoms with Crippen LogP contribution in [0.1, 0.15) is 128 Å². The van der Waals surface area contributed by atoms with Crippen molar-refractivity contribution in [2.24, 2.45) is 16.7 Å². The van der Waals surface area contributed by atoms with E-state index in [0.29, 0.717) is 6.42 Å². The summed E-state index contributed by atoms with van der Waals surface area (Å²) < 4.78 is 0. The summed E-state index contributed by atoms with van der Waals surface area (Å²) in [6.45, 7) is 12.0. The van der Waals surface area contributed by atoms with E-state index < -0.39 is 57.1 Å². The lowest BCUT2D eigenvalue weighted by Crippen LogP contribution is -2.49. The molecule has 1 aromatic carbocycles. The number of allylic oxidation sites excluding steroid dienone is 2. The highest BCUT2D eigenvalue weighted by molar-refractivity contribution is 6.19. The standard InChI is InChI=1S/C31H46O7/c1-8-9-10-11-12-13-14-15-20(32)25-22(34)17-21(33)23(26(25)35)19(16-18(2)3)24-27(36)30(4,5)29(38)31(6,7)28(24)37/h17-19,33-36H,8-16H2,1-7H3. The molecule has 7 nitrogen and oxygen atoms in total. The highest BCUT2D eigenvalue weighted by Crippen LogP contribution is 2.52. The Morgan fingerprint density at radius 2 is 1.39 bits per heavy atom. The number of unbranched alkanes of at least 4 members (excludes halogenated alkanes) is 6. The van der Waals surface area contributed by atoms with Crippen molar-refractivity contribution in [2.75, 3.05) is 0 Å². The van der Waals surface area contributed by atoms with Crippen LogP contribution in [-0.4, -0.2) is 37.8 Å². The van der Waals surface area contributed by atoms with Gasteiger partial charge in [0.15, 0.2) is 17.3 Å². The van der Waals surface area contributed by atoms with Crippen molar-refractivity contribution in [3.8, 4) is 17.2 Å². The maximum Gasteiger partial charge on any atom is 0.175 e. The molecular formula is C31H46O7. The molecule has 0 aromatic heterocycles. The van der Waals surface area contributed by atoms with Crippen LogP contribution in [0.25, 0.3) is 0 Å². The molecule has 0 fully saturated rings. The van der Waals surface area contributed by atoms with Crippen LogP contribution in [0.15, 0.2) is 17.4 Å². The lowest BCUT2D eigenvalue weighted by atomic mass is 9.60. The molecule has 0 aliphatic heterocycles. The molecule has 1 aromatic rings. The molecule has 38 heavy (non-hydrogen) atoms. The highest BCUT2D eigenvalue weighted by atomic mass is 16.3. The van der Waals surface area contributed by atoms with Gasteiger partial charge >= 0.3 is 0 Å². The summed E-state index contributed by atoms with van der Waals surface area (Å²) in [6.07, 6.45) is 7.41. The van der Waals surface area contributed by atoms with Gasteiger partial charge in [-0.1, -0.05) is 59.3 Å². The number of hydrogen-bond donors (Lipinski definition) is 4. The van der Waals surface area contributed by atoms with Gasteiger partial charge in [-0.2, -0.15) is 0 Å². The summed E-state index contributed by atoms with van der Waals surface area (Å²) in [6, 6.07) is 1.01. The molecular weight excluding hydrogens is 484 g/mol. The normalized spacial score (nSPS) is 17.8. The van der Waals surface area contributed by atoms with E-state index >= 15 is 0 Å². The Balaban J connectivity index is 2.55. The fraction of sp³-hybridized carbons (Fsp3) is 0.645. The molecule has 7 heteroatoms. The third-order valence-electron chi connectivity index (χ3n) is 7.78. The number of aromatic hydroxyl groups is 3. The van der Waals surface area contributed by atoms with E-state index in [-0.39, 0.29) is 35.5 Å². The van der Waals surface area contributed by atoms with Gasteiger partial charge in [0, 0.05) is 29.5 Å². The van der Waals surface area contributed by atoms with E-state index in [2.05, 4.69) is 6.92 Å². The zero-order chi connectivity index (χ0) is 29.0. The summed E-state index contributed by atoms with van der Waals surface area (Å²) in [4.78, 5) is 39.8. The van der Waals surface area contributed by atoms with Gasteiger partial charge in [0.25, 0.3) is 0 Å². The number of Topliss-reactive ketones (excluding diaryl/α,β-unsaturated/α-hetero) is 3. The third kappa shape index (κ3) is 6.24. The van der Waals surface area contributed by atoms with Gasteiger partial charge in [0.2, 0.25) is 0 Å². The van der Waals surface area contributed by atoms with Crippen molar-refractivity contribution < 1.29 is 34.8 Å². The van der Waals surface area contributed by atoms with Crippen molar-refractivity contribution >= 4 is 17.3 Å². The lowest BCUT2D eigenvalue weighted by Gasteiger charge is -2.41. The molecule has 2 rings (SSSR count). The number of rotatable bonds is 13. The molecule has 0 heterocycles. The Morgan fingerprint density at radius 1 is 0.842 bits per heavy atom. The molecule has 4 N–H and O–H groups in total. The molecule has 1 aliphatic rings. The number of carbonyl (C=O) groups excluding carboxylic acids is 3. The largest absolute Gasteiger partial charge is 0.511 e. The number of phenolic OH excluding ortho intramolecular Hbond substituents is 3. The molecule has 1 aliphatic carbocycles. The first-order valence-electron chi connectivity index (χ1n) is 13.9. The second kappa shape index (κ2) is 12.4. The summed E-state index contributed by atoms with van der Waals surface area (Å²) in [5.41, 5.74) is -3.25. The van der Waals surface area contributed by atoms with E-state index in [0.717, 1.165) is 38.2 Å². The van der Waals surface area contributed by atoms with Gasteiger partial charge in [-0.15, -0.1) is 0 Å². The summed E-state index contributed by atoms with van der Waals surface area (Å²) in [7, 11) is 0. The summed E-state index contributed by atoms with van der Waals surface area (Å²) in [5.74, 6) is -4.54. The molecule has 0 saturated heterocycles. The van der Waals surface area contributed by atoms with Crippen LogP contribution >= 0.6 is 0 Å². The van der Waals surface area contributed by atoms with Crippen LogP contribution in [-0.2, 0) is 9.59 Å². The topological polar surface area (TPSA) is 132 Å². The predicted octanol–water partition coefficient (Wildman–Crippen LogP) is 7.27. The Labute approximate surface area is 227 Å². The van der Waals surface area contributed by atoms with Crippen LogP contribution in [0.4, 0.5) is 0 Å². The number of benzene rings is 1. The fourth-order valence-electron chi connectivity index (χ4n) is 5.59. The van der Waals surface area contributed by atoms with Gasteiger partial charge in [0.1, 0.15) is 28.6 Å². The average Bonchev–Trinajstić information content (AvgIpc) is 2.81. The second-order valence-corrected chi connectivity index (χ2v) is 12.2. The van der Waals surface area contributed by atoms with Crippen molar-refractivity contribution in [1.29, 1.82) is 0 Å². The van der Waals surface area contributed by atoms with E-state index in [1.54, 1.807) is 13.8 Å². The van der Waals surface area contributed by atoms with Crippen molar-refractivity contribution in [2.45, 2.75) is 112 Å². The van der Waals surface area contributed by atoms with Gasteiger partial charge in [-0.05, 0) is 46.5 Å². The van der Waals surface area contributed by atoms with E-state index in [4.69, 9.17) is 0 Å². The monoisotopic (exact) mass is 530 g/mol. The molecule has 1 atom stereocenters. The van der Waals surface area contributed by atoms with Gasteiger partial charge in [0.05, 0.1) is 10.8 Å². The SMILES string of the molecule is CCCCCCCCCC(=O)c1c(O)cc(O)c(C(CC(C)C)C2=C(O)C(C)(C)C(=O)C(C)(C)C2=O)c1O. The Morgan fingerprint density at radius 3 is 1.95 bits per heavy atom. The first kappa shape index (κ1) is 31.4. The molecule has 0 spiro atoms. The first-order chi connectivity index (χ1) is 17.6. The smallest absolute Gasteiger partial charge is 0.175 e. The highest BCUT2D eigenvalue weighted by Gasteiger charge is 2.55. The molecule has 0 radical (unpaired) electrons. The number of phenols is 3. The molecule has 0 amide bonds. The predicted molar refractivity (Wildman–Crippen MR) is 148 cm³/mol. The van der Waals surface area contributed by atoms with Crippen molar-refractivity contribution in [3.63, 3.8) is 0 Å².